The van der Waals surface area contributed by atoms with Gasteiger partial charge in [-0.2, -0.15) is 0 Å². The Morgan fingerprint density at radius 3 is 2.94 bits per heavy atom. The number of nitrogens with one attached hydrogen (secondary N) is 1. The van der Waals surface area contributed by atoms with Crippen LogP contribution in [0, 0.1) is 10.1 Å². The van der Waals surface area contributed by atoms with E-state index >= 15 is 0 Å². The van der Waals surface area contributed by atoms with Crippen LogP contribution in [0.4, 0.5) is 11.4 Å². The molecule has 2 rings (SSSR count). The van der Waals surface area contributed by atoms with E-state index in [2.05, 4.69) is 10.3 Å². The predicted molar refractivity (Wildman–Crippen MR) is 71.9 cm³/mol. The monoisotopic (exact) mass is 263 g/mol. The molecular formula is C12H13N3O2S. The summed E-state index contributed by atoms with van der Waals surface area (Å²) in [5.74, 6) is 0. The number of hydrogen-bond donors (Lipinski definition) is 1. The number of nitrogens with zero attached hydrogens (tertiary/aromatic N) is 2. The smallest absolute Gasteiger partial charge is 0.274 e. The molecule has 6 heteroatoms. The zero-order valence-corrected chi connectivity index (χ0v) is 10.7. The summed E-state index contributed by atoms with van der Waals surface area (Å²) in [6, 6.07) is 5.23. The topological polar surface area (TPSA) is 68.1 Å². The molecule has 0 aliphatic carbocycles. The Hall–Kier alpha value is -1.95. The van der Waals surface area contributed by atoms with Crippen molar-refractivity contribution in [3.8, 4) is 0 Å². The van der Waals surface area contributed by atoms with E-state index in [4.69, 9.17) is 0 Å². The maximum atomic E-state index is 10.9. The minimum absolute atomic E-state index is 0.167. The predicted octanol–water partition coefficient (Wildman–Crippen LogP) is 3.23. The fourth-order valence-corrected chi connectivity index (χ4v) is 2.22. The Bertz CT molecular complexity index is 540. The van der Waals surface area contributed by atoms with Crippen molar-refractivity contribution in [2.45, 2.75) is 19.9 Å². The fraction of sp³-hybridized carbons (Fsp3) is 0.250. The molecule has 0 bridgehead atoms. The summed E-state index contributed by atoms with van der Waals surface area (Å²) in [5.41, 5.74) is 4.36. The molecular weight excluding hydrogens is 250 g/mol. The fourth-order valence-electron chi connectivity index (χ4n) is 1.66. The SMILES string of the molecule is CCc1ccc(NCc2cscn2)cc1[N+](=O)[O-]. The maximum absolute atomic E-state index is 10.9. The first kappa shape index (κ1) is 12.5. The summed E-state index contributed by atoms with van der Waals surface area (Å²) in [7, 11) is 0. The highest BCUT2D eigenvalue weighted by atomic mass is 32.1. The van der Waals surface area contributed by atoms with Crippen molar-refractivity contribution in [2.75, 3.05) is 5.32 Å². The van der Waals surface area contributed by atoms with Crippen LogP contribution < -0.4 is 5.32 Å². The van der Waals surface area contributed by atoms with Crippen LogP contribution in [0.25, 0.3) is 0 Å². The summed E-state index contributed by atoms with van der Waals surface area (Å²) >= 11 is 1.53. The maximum Gasteiger partial charge on any atom is 0.274 e. The van der Waals surface area contributed by atoms with Gasteiger partial charge < -0.3 is 5.32 Å². The summed E-state index contributed by atoms with van der Waals surface area (Å²) in [6.07, 6.45) is 0.655. The normalized spacial score (nSPS) is 10.3. The lowest BCUT2D eigenvalue weighted by Crippen LogP contribution is -2.01. The van der Waals surface area contributed by atoms with Gasteiger partial charge in [0, 0.05) is 22.7 Å². The number of nitro groups is 1. The number of nitro benzene ring substituents is 1. The third-order valence-corrected chi connectivity index (χ3v) is 3.26. The second-order valence-corrected chi connectivity index (χ2v) is 4.51. The first-order valence-electron chi connectivity index (χ1n) is 5.59. The number of benzene rings is 1. The van der Waals surface area contributed by atoms with Gasteiger partial charge in [0.15, 0.2) is 0 Å². The van der Waals surface area contributed by atoms with Crippen molar-refractivity contribution in [1.82, 2.24) is 4.98 Å². The number of rotatable bonds is 5. The lowest BCUT2D eigenvalue weighted by molar-refractivity contribution is -0.385. The van der Waals surface area contributed by atoms with Gasteiger partial charge in [-0.15, -0.1) is 11.3 Å². The van der Waals surface area contributed by atoms with E-state index in [0.717, 1.165) is 16.9 Å². The molecule has 0 atom stereocenters. The van der Waals surface area contributed by atoms with Gasteiger partial charge in [0.05, 0.1) is 22.7 Å². The Kier molecular flexibility index (Phi) is 3.88. The summed E-state index contributed by atoms with van der Waals surface area (Å²) in [4.78, 5) is 14.7. The van der Waals surface area contributed by atoms with Gasteiger partial charge in [-0.05, 0) is 12.5 Å². The number of aromatic nitrogens is 1. The zero-order chi connectivity index (χ0) is 13.0. The van der Waals surface area contributed by atoms with Gasteiger partial charge in [-0.1, -0.05) is 13.0 Å². The number of thiazole rings is 1. The molecule has 0 radical (unpaired) electrons. The molecule has 0 aliphatic rings. The third-order valence-electron chi connectivity index (χ3n) is 2.62. The van der Waals surface area contributed by atoms with E-state index < -0.39 is 0 Å². The van der Waals surface area contributed by atoms with Crippen molar-refractivity contribution in [1.29, 1.82) is 0 Å². The van der Waals surface area contributed by atoms with E-state index in [1.54, 1.807) is 17.6 Å². The Morgan fingerprint density at radius 2 is 2.33 bits per heavy atom. The number of anilines is 1. The minimum atomic E-state index is -0.340. The van der Waals surface area contributed by atoms with Crippen LogP contribution in [0.3, 0.4) is 0 Å². The molecule has 0 unspecified atom stereocenters. The van der Waals surface area contributed by atoms with Crippen molar-refractivity contribution >= 4 is 22.7 Å². The molecule has 0 fully saturated rings. The van der Waals surface area contributed by atoms with Crippen LogP contribution in [0.1, 0.15) is 18.2 Å². The molecule has 18 heavy (non-hydrogen) atoms. The van der Waals surface area contributed by atoms with Gasteiger partial charge in [-0.3, -0.25) is 10.1 Å². The first-order chi connectivity index (χ1) is 8.70. The molecule has 1 aromatic carbocycles. The molecule has 1 heterocycles. The zero-order valence-electron chi connectivity index (χ0n) is 9.92. The number of aryl methyl sites for hydroxylation is 1. The standard InChI is InChI=1S/C12H13N3O2S/c1-2-9-3-4-10(5-12(9)15(16)17)13-6-11-7-18-8-14-11/h3-5,7-8,13H,2,6H2,1H3. The minimum Gasteiger partial charge on any atom is -0.379 e. The molecule has 94 valence electrons. The van der Waals surface area contributed by atoms with Crippen molar-refractivity contribution < 1.29 is 4.92 Å². The molecule has 0 saturated carbocycles. The van der Waals surface area contributed by atoms with Crippen LogP contribution in [0.15, 0.2) is 29.1 Å². The van der Waals surface area contributed by atoms with Gasteiger partial charge in [-0.25, -0.2) is 4.98 Å². The average Bonchev–Trinajstić information content (AvgIpc) is 2.89. The van der Waals surface area contributed by atoms with Gasteiger partial charge in [0.25, 0.3) is 5.69 Å². The molecule has 1 aromatic heterocycles. The molecule has 0 amide bonds. The highest BCUT2D eigenvalue weighted by Crippen LogP contribution is 2.23. The van der Waals surface area contributed by atoms with Crippen molar-refractivity contribution in [3.05, 3.63) is 50.5 Å². The lowest BCUT2D eigenvalue weighted by Gasteiger charge is -2.06. The molecule has 2 aromatic rings. The third kappa shape index (κ3) is 2.84. The Balaban J connectivity index is 2.14. The number of hydrogen-bond acceptors (Lipinski definition) is 5. The quantitative estimate of drug-likeness (QED) is 0.664. The highest BCUT2D eigenvalue weighted by molar-refractivity contribution is 7.07. The van der Waals surface area contributed by atoms with E-state index in [-0.39, 0.29) is 10.6 Å². The van der Waals surface area contributed by atoms with E-state index in [9.17, 15) is 10.1 Å². The van der Waals surface area contributed by atoms with Crippen LogP contribution in [-0.4, -0.2) is 9.91 Å². The summed E-state index contributed by atoms with van der Waals surface area (Å²) < 4.78 is 0. The Labute approximate surface area is 109 Å². The highest BCUT2D eigenvalue weighted by Gasteiger charge is 2.12. The van der Waals surface area contributed by atoms with E-state index in [1.165, 1.54) is 11.3 Å². The van der Waals surface area contributed by atoms with Gasteiger partial charge in [0.1, 0.15) is 0 Å². The second kappa shape index (κ2) is 5.59. The second-order valence-electron chi connectivity index (χ2n) is 3.79. The molecule has 0 spiro atoms. The summed E-state index contributed by atoms with van der Waals surface area (Å²) in [5, 5.41) is 16.0. The van der Waals surface area contributed by atoms with Gasteiger partial charge >= 0.3 is 0 Å². The molecule has 5 nitrogen and oxygen atoms in total. The van der Waals surface area contributed by atoms with Crippen LogP contribution >= 0.6 is 11.3 Å². The summed E-state index contributed by atoms with van der Waals surface area (Å²) in [6.45, 7) is 2.48. The van der Waals surface area contributed by atoms with Crippen LogP contribution in [0.5, 0.6) is 0 Å². The van der Waals surface area contributed by atoms with Crippen LogP contribution in [0.2, 0.25) is 0 Å². The Morgan fingerprint density at radius 1 is 1.50 bits per heavy atom. The molecule has 0 saturated heterocycles. The van der Waals surface area contributed by atoms with Crippen molar-refractivity contribution in [2.24, 2.45) is 0 Å². The van der Waals surface area contributed by atoms with E-state index in [0.29, 0.717) is 13.0 Å². The molecule has 0 aliphatic heterocycles. The van der Waals surface area contributed by atoms with E-state index in [1.807, 2.05) is 18.4 Å². The molecule has 1 N–H and O–H groups in total. The van der Waals surface area contributed by atoms with Crippen LogP contribution in [-0.2, 0) is 13.0 Å². The largest absolute Gasteiger partial charge is 0.379 e. The lowest BCUT2D eigenvalue weighted by atomic mass is 10.1. The average molecular weight is 263 g/mol. The van der Waals surface area contributed by atoms with Gasteiger partial charge in [0.2, 0.25) is 0 Å². The first-order valence-corrected chi connectivity index (χ1v) is 6.53. The van der Waals surface area contributed by atoms with Crippen molar-refractivity contribution in [3.63, 3.8) is 0 Å².